The number of hydrogen-bond donors (Lipinski definition) is 0. The maximum Gasteiger partial charge on any atom is 0.136 e. The van der Waals surface area contributed by atoms with Gasteiger partial charge in [-0.1, -0.05) is 90.5 Å². The van der Waals surface area contributed by atoms with Gasteiger partial charge >= 0.3 is 0 Å². The number of halogens is 1. The van der Waals surface area contributed by atoms with Crippen molar-refractivity contribution >= 4 is 65.0 Å². The average molecular weight is 537 g/mol. The lowest BCUT2D eigenvalue weighted by molar-refractivity contribution is 0.669. The molecule has 0 atom stereocenters. The van der Waals surface area contributed by atoms with Gasteiger partial charge in [-0.15, -0.1) is 11.3 Å². The van der Waals surface area contributed by atoms with E-state index in [1.54, 1.807) is 11.3 Å². The van der Waals surface area contributed by atoms with Crippen molar-refractivity contribution in [3.63, 3.8) is 0 Å². The summed E-state index contributed by atoms with van der Waals surface area (Å²) >= 11 is 8.40. The van der Waals surface area contributed by atoms with E-state index in [1.165, 1.54) is 48.2 Å². The van der Waals surface area contributed by atoms with E-state index in [2.05, 4.69) is 115 Å². The van der Waals surface area contributed by atoms with E-state index in [4.69, 9.17) is 16.0 Å². The molecule has 0 saturated heterocycles. The minimum absolute atomic E-state index is 0.806. The number of furan rings is 1. The predicted molar refractivity (Wildman–Crippen MR) is 168 cm³/mol. The number of benzene rings is 6. The van der Waals surface area contributed by atoms with Gasteiger partial charge < -0.3 is 4.42 Å². The van der Waals surface area contributed by atoms with Crippen LogP contribution in [-0.4, -0.2) is 0 Å². The van der Waals surface area contributed by atoms with Crippen molar-refractivity contribution in [3.8, 4) is 33.4 Å². The summed E-state index contributed by atoms with van der Waals surface area (Å²) in [5, 5.41) is 5.45. The van der Waals surface area contributed by atoms with Crippen LogP contribution in [0.15, 0.2) is 132 Å². The second kappa shape index (κ2) is 8.84. The Hall–Kier alpha value is -4.37. The minimum atomic E-state index is 0.806. The maximum atomic E-state index is 6.61. The predicted octanol–water partition coefficient (Wildman–Crippen LogP) is 11.6. The summed E-state index contributed by atoms with van der Waals surface area (Å²) in [5.74, 6) is 0. The Morgan fingerprint density at radius 1 is 0.462 bits per heavy atom. The highest BCUT2D eigenvalue weighted by Gasteiger charge is 2.14. The normalized spacial score (nSPS) is 11.7. The van der Waals surface area contributed by atoms with E-state index in [1.807, 2.05) is 12.1 Å². The van der Waals surface area contributed by atoms with Gasteiger partial charge in [0.25, 0.3) is 0 Å². The summed E-state index contributed by atoms with van der Waals surface area (Å²) in [4.78, 5) is 0. The number of thiophene rings is 1. The van der Waals surface area contributed by atoms with Crippen LogP contribution in [0, 0.1) is 0 Å². The van der Waals surface area contributed by atoms with Crippen molar-refractivity contribution in [2.24, 2.45) is 0 Å². The molecule has 0 saturated carbocycles. The monoisotopic (exact) mass is 536 g/mol. The van der Waals surface area contributed by atoms with E-state index in [9.17, 15) is 0 Å². The first-order chi connectivity index (χ1) is 19.2. The molecule has 8 rings (SSSR count). The molecule has 0 N–H and O–H groups in total. The Labute approximate surface area is 234 Å². The third kappa shape index (κ3) is 3.68. The van der Waals surface area contributed by atoms with Crippen LogP contribution < -0.4 is 0 Å². The van der Waals surface area contributed by atoms with Gasteiger partial charge in [-0.2, -0.15) is 0 Å². The van der Waals surface area contributed by atoms with E-state index in [0.29, 0.717) is 0 Å². The Kier molecular flexibility index (Phi) is 5.12. The van der Waals surface area contributed by atoms with Crippen LogP contribution in [0.4, 0.5) is 0 Å². The third-order valence-corrected chi connectivity index (χ3v) is 9.00. The fourth-order valence-electron chi connectivity index (χ4n) is 5.71. The number of hydrogen-bond acceptors (Lipinski definition) is 2. The Bertz CT molecular complexity index is 2190. The van der Waals surface area contributed by atoms with Crippen LogP contribution in [0.3, 0.4) is 0 Å². The summed E-state index contributed by atoms with van der Waals surface area (Å²) in [6.45, 7) is 0. The topological polar surface area (TPSA) is 13.1 Å². The van der Waals surface area contributed by atoms with Crippen LogP contribution in [0.1, 0.15) is 0 Å². The van der Waals surface area contributed by atoms with E-state index in [-0.39, 0.29) is 0 Å². The summed E-state index contributed by atoms with van der Waals surface area (Å²) in [5.41, 5.74) is 8.90. The lowest BCUT2D eigenvalue weighted by atomic mass is 9.95. The van der Waals surface area contributed by atoms with Gasteiger partial charge in [0, 0.05) is 36.0 Å². The molecule has 0 aliphatic heterocycles. The summed E-state index contributed by atoms with van der Waals surface area (Å²) < 4.78 is 8.74. The largest absolute Gasteiger partial charge is 0.456 e. The van der Waals surface area contributed by atoms with Gasteiger partial charge in [-0.3, -0.25) is 0 Å². The molecule has 184 valence electrons. The molecular formula is C36H21ClOS. The molecule has 39 heavy (non-hydrogen) atoms. The van der Waals surface area contributed by atoms with Crippen molar-refractivity contribution in [1.29, 1.82) is 0 Å². The van der Waals surface area contributed by atoms with Crippen LogP contribution in [0.25, 0.3) is 75.5 Å². The zero-order valence-electron chi connectivity index (χ0n) is 20.8. The standard InChI is InChI=1S/C36H21ClOS/c37-30-12-6-14-34-36(30)29-21-26(16-18-33(29)39-34)24-10-4-9-23(19-24)25-15-17-31-28(20-25)35-27(11-5-13-32(35)38-31)22-7-2-1-3-8-22/h1-21H. The second-order valence-electron chi connectivity index (χ2n) is 9.86. The Balaban J connectivity index is 1.27. The lowest BCUT2D eigenvalue weighted by Crippen LogP contribution is -1.83. The molecular weight excluding hydrogens is 516 g/mol. The van der Waals surface area contributed by atoms with Gasteiger partial charge in [0.2, 0.25) is 0 Å². The number of rotatable bonds is 3. The molecule has 3 heteroatoms. The molecule has 0 aliphatic carbocycles. The summed E-state index contributed by atoms with van der Waals surface area (Å²) in [6, 6.07) is 45.0. The molecule has 8 aromatic rings. The number of fused-ring (bicyclic) bond motifs is 6. The fraction of sp³-hybridized carbons (Fsp3) is 0. The van der Waals surface area contributed by atoms with Crippen LogP contribution >= 0.6 is 22.9 Å². The highest BCUT2D eigenvalue weighted by molar-refractivity contribution is 7.26. The highest BCUT2D eigenvalue weighted by Crippen LogP contribution is 2.41. The average Bonchev–Trinajstić information content (AvgIpc) is 3.56. The van der Waals surface area contributed by atoms with Crippen LogP contribution in [0.2, 0.25) is 5.02 Å². The minimum Gasteiger partial charge on any atom is -0.456 e. The second-order valence-corrected chi connectivity index (χ2v) is 11.4. The molecule has 0 aliphatic rings. The first kappa shape index (κ1) is 22.6. The van der Waals surface area contributed by atoms with Crippen LogP contribution in [0.5, 0.6) is 0 Å². The van der Waals surface area contributed by atoms with Crippen molar-refractivity contribution in [2.75, 3.05) is 0 Å². The highest BCUT2D eigenvalue weighted by atomic mass is 35.5. The van der Waals surface area contributed by atoms with Gasteiger partial charge in [-0.25, -0.2) is 0 Å². The van der Waals surface area contributed by atoms with Crippen molar-refractivity contribution < 1.29 is 4.42 Å². The molecule has 1 nitrogen and oxygen atoms in total. The first-order valence-electron chi connectivity index (χ1n) is 13.0. The third-order valence-electron chi connectivity index (χ3n) is 7.55. The van der Waals surface area contributed by atoms with E-state index in [0.717, 1.165) is 32.3 Å². The fourth-order valence-corrected chi connectivity index (χ4v) is 7.15. The Morgan fingerprint density at radius 2 is 1.15 bits per heavy atom. The van der Waals surface area contributed by atoms with Gasteiger partial charge in [0.05, 0.1) is 0 Å². The molecule has 0 bridgehead atoms. The maximum absolute atomic E-state index is 6.61. The first-order valence-corrected chi connectivity index (χ1v) is 14.1. The van der Waals surface area contributed by atoms with Gasteiger partial charge in [0.15, 0.2) is 0 Å². The van der Waals surface area contributed by atoms with Crippen molar-refractivity contribution in [2.45, 2.75) is 0 Å². The molecule has 0 amide bonds. The van der Waals surface area contributed by atoms with Crippen molar-refractivity contribution in [1.82, 2.24) is 0 Å². The van der Waals surface area contributed by atoms with E-state index >= 15 is 0 Å². The Morgan fingerprint density at radius 3 is 2.00 bits per heavy atom. The SMILES string of the molecule is Clc1cccc2sc3ccc(-c4cccc(-c5ccc6oc7cccc(-c8ccccc8)c7c6c5)c4)cc3c12. The van der Waals surface area contributed by atoms with Gasteiger partial charge in [-0.05, 0) is 81.9 Å². The summed E-state index contributed by atoms with van der Waals surface area (Å²) in [6.07, 6.45) is 0. The van der Waals surface area contributed by atoms with Crippen LogP contribution in [-0.2, 0) is 0 Å². The quantitative estimate of drug-likeness (QED) is 0.219. The molecule has 6 aromatic carbocycles. The molecule has 0 unspecified atom stereocenters. The smallest absolute Gasteiger partial charge is 0.136 e. The van der Waals surface area contributed by atoms with Crippen molar-refractivity contribution in [3.05, 3.63) is 132 Å². The van der Waals surface area contributed by atoms with Gasteiger partial charge in [0.1, 0.15) is 11.2 Å². The van der Waals surface area contributed by atoms with E-state index < -0.39 is 0 Å². The summed E-state index contributed by atoms with van der Waals surface area (Å²) in [7, 11) is 0. The molecule has 0 spiro atoms. The molecule has 2 aromatic heterocycles. The lowest BCUT2D eigenvalue weighted by Gasteiger charge is -2.08. The zero-order chi connectivity index (χ0) is 25.9. The molecule has 2 heterocycles. The molecule has 0 fully saturated rings. The zero-order valence-corrected chi connectivity index (χ0v) is 22.4. The molecule has 0 radical (unpaired) electrons.